The fraction of sp³-hybridized carbons (Fsp3) is 0.429. The number of ketones is 1. The third kappa shape index (κ3) is 5.20. The summed E-state index contributed by atoms with van der Waals surface area (Å²) in [7, 11) is 1.54. The molecule has 0 saturated carbocycles. The highest BCUT2D eigenvalue weighted by Crippen LogP contribution is 2.41. The maximum atomic E-state index is 13.2. The molecule has 2 aliphatic rings. The van der Waals surface area contributed by atoms with Crippen LogP contribution in [0.2, 0.25) is 0 Å². The van der Waals surface area contributed by atoms with Gasteiger partial charge in [-0.2, -0.15) is 0 Å². The van der Waals surface area contributed by atoms with E-state index in [-0.39, 0.29) is 30.6 Å². The Balaban J connectivity index is 1.75. The van der Waals surface area contributed by atoms with E-state index in [2.05, 4.69) is 13.8 Å². The maximum Gasteiger partial charge on any atom is 0.295 e. The van der Waals surface area contributed by atoms with Crippen molar-refractivity contribution in [3.63, 3.8) is 0 Å². The van der Waals surface area contributed by atoms with E-state index in [0.29, 0.717) is 29.4 Å². The number of ether oxygens (including phenoxy) is 3. The van der Waals surface area contributed by atoms with Crippen molar-refractivity contribution in [2.45, 2.75) is 45.8 Å². The molecule has 2 aliphatic heterocycles. The Morgan fingerprint density at radius 2 is 1.97 bits per heavy atom. The average molecular weight is 480 g/mol. The predicted molar refractivity (Wildman–Crippen MR) is 133 cm³/mol. The molecule has 2 heterocycles. The summed E-state index contributed by atoms with van der Waals surface area (Å²) in [5.41, 5.74) is 2.21. The minimum absolute atomic E-state index is 0.0560. The van der Waals surface area contributed by atoms with Crippen LogP contribution in [0.5, 0.6) is 11.5 Å². The van der Waals surface area contributed by atoms with Crippen LogP contribution in [0.4, 0.5) is 0 Å². The van der Waals surface area contributed by atoms with Crippen LogP contribution in [0, 0.1) is 5.92 Å². The van der Waals surface area contributed by atoms with Crippen LogP contribution in [0.1, 0.15) is 49.9 Å². The van der Waals surface area contributed by atoms with Crippen LogP contribution in [0.3, 0.4) is 0 Å². The second-order valence-electron chi connectivity index (χ2n) is 9.54. The van der Waals surface area contributed by atoms with E-state index < -0.39 is 17.7 Å². The van der Waals surface area contributed by atoms with Crippen molar-refractivity contribution in [2.24, 2.45) is 5.92 Å². The van der Waals surface area contributed by atoms with Crippen molar-refractivity contribution in [3.8, 4) is 11.5 Å². The lowest BCUT2D eigenvalue weighted by molar-refractivity contribution is -0.140. The first-order valence-electron chi connectivity index (χ1n) is 12.1. The molecule has 7 nitrogen and oxygen atoms in total. The normalized spacial score (nSPS) is 20.9. The number of Topliss-reactive ketones (excluding diaryl/α,β-unsaturated/α-hetero) is 1. The molecule has 7 heteroatoms. The van der Waals surface area contributed by atoms with Crippen molar-refractivity contribution < 1.29 is 28.9 Å². The Labute approximate surface area is 206 Å². The number of aliphatic hydroxyl groups is 1. The summed E-state index contributed by atoms with van der Waals surface area (Å²) in [6.45, 7) is 7.31. The number of nitrogens with zero attached hydrogens (tertiary/aromatic N) is 1. The van der Waals surface area contributed by atoms with E-state index in [4.69, 9.17) is 14.2 Å². The molecule has 0 aromatic heterocycles. The van der Waals surface area contributed by atoms with Crippen molar-refractivity contribution in [1.82, 2.24) is 4.90 Å². The molecule has 186 valence electrons. The fourth-order valence-electron chi connectivity index (χ4n) is 4.56. The largest absolute Gasteiger partial charge is 0.507 e. The van der Waals surface area contributed by atoms with Gasteiger partial charge in [-0.3, -0.25) is 9.59 Å². The summed E-state index contributed by atoms with van der Waals surface area (Å²) >= 11 is 0. The molecule has 2 atom stereocenters. The van der Waals surface area contributed by atoms with Crippen molar-refractivity contribution in [2.75, 3.05) is 26.9 Å². The Kier molecular flexibility index (Phi) is 7.45. The summed E-state index contributed by atoms with van der Waals surface area (Å²) in [5, 5.41) is 11.3. The zero-order valence-corrected chi connectivity index (χ0v) is 20.7. The molecule has 2 aromatic rings. The van der Waals surface area contributed by atoms with E-state index in [1.807, 2.05) is 37.3 Å². The zero-order valence-electron chi connectivity index (χ0n) is 20.7. The van der Waals surface area contributed by atoms with Gasteiger partial charge in [0.1, 0.15) is 23.4 Å². The van der Waals surface area contributed by atoms with E-state index in [9.17, 15) is 14.7 Å². The lowest BCUT2D eigenvalue weighted by Crippen LogP contribution is -2.32. The van der Waals surface area contributed by atoms with Gasteiger partial charge in [0.05, 0.1) is 24.8 Å². The third-order valence-corrected chi connectivity index (χ3v) is 6.38. The van der Waals surface area contributed by atoms with Crippen molar-refractivity contribution in [1.29, 1.82) is 0 Å². The van der Waals surface area contributed by atoms with Crippen LogP contribution in [-0.4, -0.2) is 54.7 Å². The highest BCUT2D eigenvalue weighted by atomic mass is 16.5. The van der Waals surface area contributed by atoms with Crippen LogP contribution < -0.4 is 9.47 Å². The number of hydrogen-bond donors (Lipinski definition) is 1. The van der Waals surface area contributed by atoms with Gasteiger partial charge >= 0.3 is 0 Å². The Bertz CT molecular complexity index is 1140. The van der Waals surface area contributed by atoms with E-state index >= 15 is 0 Å². The number of carbonyl (C=O) groups excluding carboxylic acids is 2. The standard InChI is InChI=1S/C28H33NO6/c1-17(2)10-12-34-22-7-5-6-19(16-22)25-24(27(31)28(32)29(25)11-13-33-4)26(30)20-8-9-23-21(15-20)14-18(3)35-23/h5-9,15-18,25,30H,10-14H2,1-4H3/b26-24+/t18-,25+/m1/s1. The Morgan fingerprint density at radius 1 is 1.17 bits per heavy atom. The molecule has 0 spiro atoms. The predicted octanol–water partition coefficient (Wildman–Crippen LogP) is 4.50. The number of rotatable bonds is 9. The molecule has 2 aromatic carbocycles. The SMILES string of the molecule is COCCN1C(=O)C(=O)/C(=C(/O)c2ccc3c(c2)C[C@@H](C)O3)[C@@H]1c1cccc(OCCC(C)C)c1. The Morgan fingerprint density at radius 3 is 2.71 bits per heavy atom. The number of hydrogen-bond acceptors (Lipinski definition) is 6. The van der Waals surface area contributed by atoms with Gasteiger partial charge in [-0.05, 0) is 60.7 Å². The van der Waals surface area contributed by atoms with Crippen LogP contribution >= 0.6 is 0 Å². The Hall–Kier alpha value is -3.32. The summed E-state index contributed by atoms with van der Waals surface area (Å²) < 4.78 is 16.9. The lowest BCUT2D eigenvalue weighted by atomic mass is 9.94. The number of benzene rings is 2. The highest BCUT2D eigenvalue weighted by Gasteiger charge is 2.46. The fourth-order valence-corrected chi connectivity index (χ4v) is 4.56. The number of fused-ring (bicyclic) bond motifs is 1. The molecule has 1 fully saturated rings. The topological polar surface area (TPSA) is 85.3 Å². The van der Waals surface area contributed by atoms with Gasteiger partial charge in [0.2, 0.25) is 0 Å². The van der Waals surface area contributed by atoms with Gasteiger partial charge in [-0.15, -0.1) is 0 Å². The van der Waals surface area contributed by atoms with Crippen LogP contribution in [0.15, 0.2) is 48.0 Å². The first-order chi connectivity index (χ1) is 16.8. The third-order valence-electron chi connectivity index (χ3n) is 6.38. The molecule has 4 rings (SSSR count). The molecule has 0 aliphatic carbocycles. The number of methoxy groups -OCH3 is 1. The van der Waals surface area contributed by atoms with E-state index in [0.717, 1.165) is 24.2 Å². The van der Waals surface area contributed by atoms with Gasteiger partial charge in [-0.25, -0.2) is 0 Å². The smallest absolute Gasteiger partial charge is 0.295 e. The molecule has 35 heavy (non-hydrogen) atoms. The second kappa shape index (κ2) is 10.5. The molecule has 1 amide bonds. The number of amides is 1. The van der Waals surface area contributed by atoms with E-state index in [1.54, 1.807) is 19.2 Å². The molecule has 0 bridgehead atoms. The highest BCUT2D eigenvalue weighted by molar-refractivity contribution is 6.46. The van der Waals surface area contributed by atoms with Gasteiger partial charge < -0.3 is 24.2 Å². The number of aliphatic hydroxyl groups excluding tert-OH is 1. The molecular weight excluding hydrogens is 446 g/mol. The number of likely N-dealkylation sites (tertiary alicyclic amines) is 1. The average Bonchev–Trinajstić information content (AvgIpc) is 3.32. The monoisotopic (exact) mass is 479 g/mol. The van der Waals surface area contributed by atoms with Gasteiger partial charge in [0.15, 0.2) is 0 Å². The van der Waals surface area contributed by atoms with Gasteiger partial charge in [0, 0.05) is 25.6 Å². The molecule has 0 radical (unpaired) electrons. The van der Waals surface area contributed by atoms with E-state index in [1.165, 1.54) is 4.90 Å². The minimum atomic E-state index is -0.748. The maximum absolute atomic E-state index is 13.2. The zero-order chi connectivity index (χ0) is 25.1. The van der Waals surface area contributed by atoms with Gasteiger partial charge in [0.25, 0.3) is 11.7 Å². The molecular formula is C28H33NO6. The molecule has 1 N–H and O–H groups in total. The first kappa shape index (κ1) is 24.8. The van der Waals surface area contributed by atoms with Crippen LogP contribution in [-0.2, 0) is 20.7 Å². The van der Waals surface area contributed by atoms with Gasteiger partial charge in [-0.1, -0.05) is 26.0 Å². The first-order valence-corrected chi connectivity index (χ1v) is 12.1. The number of carbonyl (C=O) groups is 2. The quantitative estimate of drug-likeness (QED) is 0.324. The molecule has 1 saturated heterocycles. The summed E-state index contributed by atoms with van der Waals surface area (Å²) in [6.07, 6.45) is 1.69. The second-order valence-corrected chi connectivity index (χ2v) is 9.54. The van der Waals surface area contributed by atoms with Crippen LogP contribution in [0.25, 0.3) is 5.76 Å². The summed E-state index contributed by atoms with van der Waals surface area (Å²) in [4.78, 5) is 27.7. The summed E-state index contributed by atoms with van der Waals surface area (Å²) in [6, 6.07) is 12.0. The minimum Gasteiger partial charge on any atom is -0.507 e. The van der Waals surface area contributed by atoms with Crippen molar-refractivity contribution >= 4 is 17.4 Å². The summed E-state index contributed by atoms with van der Waals surface area (Å²) in [5.74, 6) is 0.390. The lowest BCUT2D eigenvalue weighted by Gasteiger charge is -2.25. The van der Waals surface area contributed by atoms with Crippen molar-refractivity contribution in [3.05, 3.63) is 64.7 Å². The molecule has 0 unspecified atom stereocenters.